The van der Waals surface area contributed by atoms with E-state index in [0.717, 1.165) is 32.5 Å². The number of nitrogens with zero attached hydrogens (tertiary/aromatic N) is 2. The highest BCUT2D eigenvalue weighted by Gasteiger charge is 2.26. The fourth-order valence-electron chi connectivity index (χ4n) is 2.59. The average Bonchev–Trinajstić information content (AvgIpc) is 3.00. The number of aliphatic imine (C=N–C) groups is 1. The Morgan fingerprint density at radius 2 is 2.08 bits per heavy atom. The zero-order chi connectivity index (χ0) is 16.7. The minimum atomic E-state index is -4.14. The van der Waals surface area contributed by atoms with Crippen molar-refractivity contribution in [2.75, 3.05) is 26.7 Å². The van der Waals surface area contributed by atoms with Crippen LogP contribution >= 0.6 is 35.3 Å². The summed E-state index contributed by atoms with van der Waals surface area (Å²) in [6.45, 7) is 2.77. The van der Waals surface area contributed by atoms with Crippen molar-refractivity contribution in [3.05, 3.63) is 22.4 Å². The normalized spacial score (nSPS) is 17.4. The predicted molar refractivity (Wildman–Crippen MR) is 103 cm³/mol. The molecule has 0 atom stereocenters. The zero-order valence-electron chi connectivity index (χ0n) is 13.6. The third kappa shape index (κ3) is 8.02. The topological polar surface area (TPSA) is 39.7 Å². The summed E-state index contributed by atoms with van der Waals surface area (Å²) in [6.07, 6.45) is -3.07. The Labute approximate surface area is 161 Å². The number of halogens is 4. The van der Waals surface area contributed by atoms with Gasteiger partial charge in [-0.05, 0) is 35.2 Å². The molecule has 1 saturated heterocycles. The molecule has 2 N–H and O–H groups in total. The van der Waals surface area contributed by atoms with Crippen molar-refractivity contribution < 1.29 is 13.2 Å². The number of thiophene rings is 1. The van der Waals surface area contributed by atoms with Crippen LogP contribution in [0.5, 0.6) is 0 Å². The molecule has 1 aromatic rings. The summed E-state index contributed by atoms with van der Waals surface area (Å²) in [7, 11) is 1.58. The number of nitrogens with one attached hydrogen (secondary N) is 2. The SMILES string of the molecule is CN=C(NCCC(F)(F)F)NC1CCN(Cc2ccsc2)CC1.I. The highest BCUT2D eigenvalue weighted by atomic mass is 127. The largest absolute Gasteiger partial charge is 0.390 e. The van der Waals surface area contributed by atoms with Crippen LogP contribution in [0.25, 0.3) is 0 Å². The van der Waals surface area contributed by atoms with Gasteiger partial charge in [-0.1, -0.05) is 0 Å². The van der Waals surface area contributed by atoms with Crippen molar-refractivity contribution in [1.82, 2.24) is 15.5 Å². The minimum Gasteiger partial charge on any atom is -0.356 e. The van der Waals surface area contributed by atoms with E-state index in [1.165, 1.54) is 5.56 Å². The van der Waals surface area contributed by atoms with Crippen LogP contribution in [0.3, 0.4) is 0 Å². The average molecular weight is 476 g/mol. The van der Waals surface area contributed by atoms with Crippen LogP contribution < -0.4 is 10.6 Å². The van der Waals surface area contributed by atoms with Crippen LogP contribution in [0.1, 0.15) is 24.8 Å². The van der Waals surface area contributed by atoms with Crippen LogP contribution in [0.2, 0.25) is 0 Å². The molecule has 0 aliphatic carbocycles. The first-order chi connectivity index (χ1) is 11.0. The molecule has 2 rings (SSSR count). The Kier molecular flexibility index (Phi) is 9.35. The van der Waals surface area contributed by atoms with Crippen molar-refractivity contribution in [3.63, 3.8) is 0 Å². The van der Waals surface area contributed by atoms with E-state index < -0.39 is 12.6 Å². The lowest BCUT2D eigenvalue weighted by molar-refractivity contribution is -0.132. The molecule has 138 valence electrons. The second-order valence-electron chi connectivity index (χ2n) is 5.69. The van der Waals surface area contributed by atoms with Crippen LogP contribution in [0.15, 0.2) is 21.8 Å². The standard InChI is InChI=1S/C15H23F3N4S.HI/c1-19-14(20-6-5-15(16,17)18)21-13-2-7-22(8-3-13)10-12-4-9-23-11-12;/h4,9,11,13H,2-3,5-8,10H2,1H3,(H2,19,20,21);1H. The van der Waals surface area contributed by atoms with Gasteiger partial charge in [-0.3, -0.25) is 9.89 Å². The van der Waals surface area contributed by atoms with Crippen LogP contribution in [-0.4, -0.2) is 49.8 Å². The van der Waals surface area contributed by atoms with Gasteiger partial charge in [-0.2, -0.15) is 24.5 Å². The van der Waals surface area contributed by atoms with E-state index in [4.69, 9.17) is 0 Å². The first kappa shape index (κ1) is 21.5. The molecule has 1 fully saturated rings. The van der Waals surface area contributed by atoms with E-state index in [1.54, 1.807) is 18.4 Å². The Morgan fingerprint density at radius 1 is 1.38 bits per heavy atom. The summed E-state index contributed by atoms with van der Waals surface area (Å²) < 4.78 is 36.5. The van der Waals surface area contributed by atoms with Gasteiger partial charge in [-0.25, -0.2) is 0 Å². The molecule has 0 bridgehead atoms. The van der Waals surface area contributed by atoms with Crippen molar-refractivity contribution in [1.29, 1.82) is 0 Å². The first-order valence-electron chi connectivity index (χ1n) is 7.73. The highest BCUT2D eigenvalue weighted by Crippen LogP contribution is 2.18. The molecule has 2 heterocycles. The number of piperidine rings is 1. The van der Waals surface area contributed by atoms with Gasteiger partial charge in [0.2, 0.25) is 0 Å². The molecule has 0 amide bonds. The lowest BCUT2D eigenvalue weighted by atomic mass is 10.0. The molecule has 0 unspecified atom stereocenters. The molecule has 1 aliphatic heterocycles. The summed E-state index contributed by atoms with van der Waals surface area (Å²) >= 11 is 1.71. The predicted octanol–water partition coefficient (Wildman–Crippen LogP) is 3.45. The third-order valence-corrected chi connectivity index (χ3v) is 4.57. The number of hydrogen-bond acceptors (Lipinski definition) is 3. The van der Waals surface area contributed by atoms with Crippen LogP contribution in [0, 0.1) is 0 Å². The first-order valence-corrected chi connectivity index (χ1v) is 8.68. The van der Waals surface area contributed by atoms with E-state index in [-0.39, 0.29) is 36.6 Å². The van der Waals surface area contributed by atoms with Gasteiger partial charge in [0, 0.05) is 39.3 Å². The summed E-state index contributed by atoms with van der Waals surface area (Å²) in [4.78, 5) is 6.40. The van der Waals surface area contributed by atoms with E-state index in [9.17, 15) is 13.2 Å². The maximum Gasteiger partial charge on any atom is 0.390 e. The minimum absolute atomic E-state index is 0. The van der Waals surface area contributed by atoms with Gasteiger partial charge in [0.15, 0.2) is 5.96 Å². The molecular weight excluding hydrogens is 452 g/mol. The summed E-state index contributed by atoms with van der Waals surface area (Å²) in [5.74, 6) is 0.450. The van der Waals surface area contributed by atoms with Gasteiger partial charge in [-0.15, -0.1) is 24.0 Å². The van der Waals surface area contributed by atoms with Crippen molar-refractivity contribution in [2.45, 2.75) is 38.0 Å². The molecule has 4 nitrogen and oxygen atoms in total. The lowest BCUT2D eigenvalue weighted by Gasteiger charge is -2.33. The van der Waals surface area contributed by atoms with Crippen molar-refractivity contribution in [3.8, 4) is 0 Å². The van der Waals surface area contributed by atoms with Gasteiger partial charge in [0.05, 0.1) is 6.42 Å². The van der Waals surface area contributed by atoms with Crippen LogP contribution in [0.4, 0.5) is 13.2 Å². The van der Waals surface area contributed by atoms with Gasteiger partial charge in [0.1, 0.15) is 0 Å². The Balaban J connectivity index is 0.00000288. The fraction of sp³-hybridized carbons (Fsp3) is 0.667. The molecule has 0 spiro atoms. The Hall–Kier alpha value is -0.550. The van der Waals surface area contributed by atoms with Crippen molar-refractivity contribution in [2.24, 2.45) is 4.99 Å². The maximum atomic E-state index is 12.2. The summed E-state index contributed by atoms with van der Waals surface area (Å²) in [6, 6.07) is 2.40. The smallest absolute Gasteiger partial charge is 0.356 e. The van der Waals surface area contributed by atoms with Gasteiger partial charge < -0.3 is 10.6 Å². The molecule has 1 aromatic heterocycles. The second-order valence-corrected chi connectivity index (χ2v) is 6.47. The molecule has 9 heteroatoms. The highest BCUT2D eigenvalue weighted by molar-refractivity contribution is 14.0. The Morgan fingerprint density at radius 3 is 2.62 bits per heavy atom. The monoisotopic (exact) mass is 476 g/mol. The van der Waals surface area contributed by atoms with Crippen molar-refractivity contribution >= 4 is 41.3 Å². The zero-order valence-corrected chi connectivity index (χ0v) is 16.8. The van der Waals surface area contributed by atoms with E-state index in [0.29, 0.717) is 5.96 Å². The maximum absolute atomic E-state index is 12.2. The quantitative estimate of drug-likeness (QED) is 0.389. The number of alkyl halides is 3. The summed E-state index contributed by atoms with van der Waals surface area (Å²) in [5, 5.41) is 10.2. The number of guanidine groups is 1. The molecule has 1 aliphatic rings. The number of likely N-dealkylation sites (tertiary alicyclic amines) is 1. The second kappa shape index (κ2) is 10.4. The van der Waals surface area contributed by atoms with E-state index >= 15 is 0 Å². The van der Waals surface area contributed by atoms with E-state index in [1.807, 2.05) is 0 Å². The fourth-order valence-corrected chi connectivity index (χ4v) is 3.25. The lowest BCUT2D eigenvalue weighted by Crippen LogP contribution is -2.48. The summed E-state index contributed by atoms with van der Waals surface area (Å²) in [5.41, 5.74) is 1.34. The van der Waals surface area contributed by atoms with Gasteiger partial charge in [0.25, 0.3) is 0 Å². The Bertz CT molecular complexity index is 485. The third-order valence-electron chi connectivity index (χ3n) is 3.84. The molecule has 24 heavy (non-hydrogen) atoms. The number of rotatable bonds is 5. The van der Waals surface area contributed by atoms with Gasteiger partial charge >= 0.3 is 6.18 Å². The molecule has 0 radical (unpaired) electrons. The van der Waals surface area contributed by atoms with E-state index in [2.05, 4.69) is 37.4 Å². The molecule has 0 saturated carbocycles. The molecular formula is C15H24F3IN4S. The van der Waals surface area contributed by atoms with Crippen LogP contribution in [-0.2, 0) is 6.54 Å². The molecule has 0 aromatic carbocycles. The number of hydrogen-bond donors (Lipinski definition) is 2.